The fourth-order valence-electron chi connectivity index (χ4n) is 3.69. The second-order valence-corrected chi connectivity index (χ2v) is 9.42. The molecule has 2 fully saturated rings. The standard InChI is InChI=1S/C19H20F3N2O8P/c1-19(22)16(26)14(31-17(19)24-4-2-15(25)23-18(24)27)9-30-33(28)29-5-3-13(32-33)10-6-11(20)8-12(21)7-10/h2,4,6-8,13-14,16-17,26H,3,5,9H2,1H3,(H,23,25,27)/t13-,14?,16-,17-,19-,33+/m1/s1. The normalized spacial score (nSPS) is 34.5. The molecule has 0 aliphatic carbocycles. The van der Waals surface area contributed by atoms with Crippen LogP contribution in [0.5, 0.6) is 0 Å². The number of hydrogen-bond acceptors (Lipinski definition) is 8. The number of phosphoric ester groups is 1. The number of alkyl halides is 1. The van der Waals surface area contributed by atoms with E-state index in [4.69, 9.17) is 18.3 Å². The van der Waals surface area contributed by atoms with Crippen molar-refractivity contribution in [2.45, 2.75) is 43.6 Å². The number of halogens is 3. The minimum atomic E-state index is -4.27. The number of ether oxygens (including phenoxy) is 1. The lowest BCUT2D eigenvalue weighted by Crippen LogP contribution is -2.43. The molecule has 3 heterocycles. The van der Waals surface area contributed by atoms with Crippen molar-refractivity contribution in [3.05, 3.63) is 68.5 Å². The Balaban J connectivity index is 1.47. The molecule has 180 valence electrons. The van der Waals surface area contributed by atoms with Gasteiger partial charge in [-0.25, -0.2) is 22.5 Å². The summed E-state index contributed by atoms with van der Waals surface area (Å²) in [6.45, 7) is 0.214. The SMILES string of the molecule is C[C@@]1(F)[C@H](O)C(CO[P@]2(=O)OCC[C@H](c3cc(F)cc(F)c3)O2)O[C@H]1n1ccc(=O)[nH]c1=O. The van der Waals surface area contributed by atoms with E-state index in [-0.39, 0.29) is 18.6 Å². The van der Waals surface area contributed by atoms with Crippen LogP contribution in [0.4, 0.5) is 13.2 Å². The van der Waals surface area contributed by atoms with Gasteiger partial charge in [-0.1, -0.05) is 0 Å². The van der Waals surface area contributed by atoms with Gasteiger partial charge in [0.15, 0.2) is 11.9 Å². The van der Waals surface area contributed by atoms with Gasteiger partial charge in [0.1, 0.15) is 23.8 Å². The maximum absolute atomic E-state index is 15.2. The molecule has 10 nitrogen and oxygen atoms in total. The summed E-state index contributed by atoms with van der Waals surface area (Å²) >= 11 is 0. The Labute approximate surface area is 184 Å². The molecular formula is C19H20F3N2O8P. The lowest BCUT2D eigenvalue weighted by atomic mass is 9.98. The summed E-state index contributed by atoms with van der Waals surface area (Å²) in [5.41, 5.74) is -4.05. The van der Waals surface area contributed by atoms with Crippen LogP contribution in [0.1, 0.15) is 31.2 Å². The summed E-state index contributed by atoms with van der Waals surface area (Å²) in [4.78, 5) is 25.2. The molecule has 14 heteroatoms. The zero-order valence-electron chi connectivity index (χ0n) is 17.2. The molecule has 2 N–H and O–H groups in total. The van der Waals surface area contributed by atoms with E-state index in [1.54, 1.807) is 0 Å². The first-order valence-electron chi connectivity index (χ1n) is 9.86. The highest BCUT2D eigenvalue weighted by atomic mass is 31.2. The molecular weight excluding hydrogens is 472 g/mol. The molecule has 33 heavy (non-hydrogen) atoms. The Hall–Kier alpha value is -2.28. The molecule has 4 rings (SSSR count). The van der Waals surface area contributed by atoms with E-state index in [1.807, 2.05) is 4.98 Å². The van der Waals surface area contributed by atoms with Gasteiger partial charge in [0.2, 0.25) is 0 Å². The molecule has 0 bridgehead atoms. The molecule has 0 radical (unpaired) electrons. The number of aromatic nitrogens is 2. The summed E-state index contributed by atoms with van der Waals surface area (Å²) in [7, 11) is -4.27. The van der Waals surface area contributed by atoms with Gasteiger partial charge in [-0.15, -0.1) is 0 Å². The maximum Gasteiger partial charge on any atom is 0.475 e. The number of nitrogens with one attached hydrogen (secondary N) is 1. The molecule has 1 aromatic carbocycles. The lowest BCUT2D eigenvalue weighted by Gasteiger charge is -2.30. The van der Waals surface area contributed by atoms with E-state index in [2.05, 4.69) is 0 Å². The van der Waals surface area contributed by atoms with Gasteiger partial charge in [0.25, 0.3) is 5.56 Å². The molecule has 2 aliphatic heterocycles. The van der Waals surface area contributed by atoms with Gasteiger partial charge in [-0.05, 0) is 24.6 Å². The van der Waals surface area contributed by atoms with Crippen LogP contribution < -0.4 is 11.2 Å². The second-order valence-electron chi connectivity index (χ2n) is 7.80. The Morgan fingerprint density at radius 3 is 2.67 bits per heavy atom. The first kappa shape index (κ1) is 23.9. The average molecular weight is 492 g/mol. The van der Waals surface area contributed by atoms with Crippen LogP contribution in [-0.2, 0) is 22.9 Å². The average Bonchev–Trinajstić information content (AvgIpc) is 2.95. The van der Waals surface area contributed by atoms with E-state index >= 15 is 4.39 Å². The summed E-state index contributed by atoms with van der Waals surface area (Å²) < 4.78 is 76.9. The van der Waals surface area contributed by atoms with Crippen molar-refractivity contribution >= 4 is 7.82 Å². The molecule has 0 spiro atoms. The fourth-order valence-corrected chi connectivity index (χ4v) is 5.09. The Morgan fingerprint density at radius 1 is 1.30 bits per heavy atom. The minimum Gasteiger partial charge on any atom is -0.387 e. The molecule has 0 amide bonds. The summed E-state index contributed by atoms with van der Waals surface area (Å²) in [6.07, 6.45) is -4.68. The third kappa shape index (κ3) is 4.84. The number of H-pyrrole nitrogens is 1. The highest BCUT2D eigenvalue weighted by molar-refractivity contribution is 7.48. The van der Waals surface area contributed by atoms with Crippen molar-refractivity contribution in [3.8, 4) is 0 Å². The number of phosphoric acid groups is 1. The zero-order valence-corrected chi connectivity index (χ0v) is 18.0. The van der Waals surface area contributed by atoms with Gasteiger partial charge in [0.05, 0.1) is 19.3 Å². The van der Waals surface area contributed by atoms with E-state index in [9.17, 15) is 28.0 Å². The van der Waals surface area contributed by atoms with Crippen molar-refractivity contribution in [3.63, 3.8) is 0 Å². The monoisotopic (exact) mass is 492 g/mol. The lowest BCUT2D eigenvalue weighted by molar-refractivity contribution is -0.0654. The van der Waals surface area contributed by atoms with Crippen LogP contribution in [-0.4, -0.2) is 45.7 Å². The van der Waals surface area contributed by atoms with Crippen molar-refractivity contribution in [2.24, 2.45) is 0 Å². The van der Waals surface area contributed by atoms with Crippen molar-refractivity contribution in [2.75, 3.05) is 13.2 Å². The predicted octanol–water partition coefficient (Wildman–Crippen LogP) is 2.10. The van der Waals surface area contributed by atoms with Crippen molar-refractivity contribution in [1.82, 2.24) is 9.55 Å². The predicted molar refractivity (Wildman–Crippen MR) is 105 cm³/mol. The van der Waals surface area contributed by atoms with E-state index in [0.717, 1.165) is 35.9 Å². The Bertz CT molecular complexity index is 1180. The van der Waals surface area contributed by atoms with Gasteiger partial charge in [0, 0.05) is 24.8 Å². The van der Waals surface area contributed by atoms with Gasteiger partial charge in [-0.2, -0.15) is 0 Å². The van der Waals surface area contributed by atoms with Crippen molar-refractivity contribution < 1.29 is 41.2 Å². The summed E-state index contributed by atoms with van der Waals surface area (Å²) in [5, 5.41) is 10.4. The fraction of sp³-hybridized carbons (Fsp3) is 0.474. The smallest absolute Gasteiger partial charge is 0.387 e. The second kappa shape index (κ2) is 8.82. The van der Waals surface area contributed by atoms with Crippen LogP contribution in [0.3, 0.4) is 0 Å². The molecule has 2 aromatic rings. The molecule has 1 aromatic heterocycles. The van der Waals surface area contributed by atoms with E-state index < -0.39 is 67.5 Å². The number of aliphatic hydroxyl groups excluding tert-OH is 1. The van der Waals surface area contributed by atoms with Crippen LogP contribution in [0.25, 0.3) is 0 Å². The number of hydrogen-bond donors (Lipinski definition) is 2. The van der Waals surface area contributed by atoms with Crippen molar-refractivity contribution in [1.29, 1.82) is 0 Å². The summed E-state index contributed by atoms with van der Waals surface area (Å²) in [6, 6.07) is 3.70. The first-order valence-corrected chi connectivity index (χ1v) is 11.3. The van der Waals surface area contributed by atoms with Gasteiger partial charge in [-0.3, -0.25) is 27.9 Å². The number of nitrogens with zero attached hydrogens (tertiary/aromatic N) is 1. The third-order valence-corrected chi connectivity index (χ3v) is 6.84. The summed E-state index contributed by atoms with van der Waals surface area (Å²) in [5.74, 6) is -1.69. The number of rotatable bonds is 5. The number of benzene rings is 1. The zero-order chi connectivity index (χ0) is 24.0. The number of aromatic amines is 1. The highest BCUT2D eigenvalue weighted by Gasteiger charge is 2.56. The third-order valence-electron chi connectivity index (χ3n) is 5.36. The quantitative estimate of drug-likeness (QED) is 0.608. The molecule has 2 aliphatic rings. The van der Waals surface area contributed by atoms with Crippen LogP contribution in [0.15, 0.2) is 40.1 Å². The largest absolute Gasteiger partial charge is 0.475 e. The Kier molecular flexibility index (Phi) is 6.38. The molecule has 0 saturated carbocycles. The van der Waals surface area contributed by atoms with E-state index in [1.165, 1.54) is 0 Å². The molecule has 1 unspecified atom stereocenters. The Morgan fingerprint density at radius 2 is 2.00 bits per heavy atom. The maximum atomic E-state index is 15.2. The van der Waals surface area contributed by atoms with E-state index in [0.29, 0.717) is 6.07 Å². The van der Waals surface area contributed by atoms with Crippen LogP contribution >= 0.6 is 7.82 Å². The van der Waals surface area contributed by atoms with Gasteiger partial charge >= 0.3 is 13.5 Å². The topological polar surface area (TPSA) is 129 Å². The van der Waals surface area contributed by atoms with Gasteiger partial charge < -0.3 is 9.84 Å². The molecule has 2 saturated heterocycles. The minimum absolute atomic E-state index is 0.0885. The van der Waals surface area contributed by atoms with Crippen LogP contribution in [0, 0.1) is 11.6 Å². The highest BCUT2D eigenvalue weighted by Crippen LogP contribution is 2.57. The number of aliphatic hydroxyl groups is 1. The van der Waals surface area contributed by atoms with Crippen LogP contribution in [0.2, 0.25) is 0 Å². The first-order chi connectivity index (χ1) is 15.5. The molecule has 6 atom stereocenters.